The van der Waals surface area contributed by atoms with Crippen molar-refractivity contribution in [2.75, 3.05) is 45.1 Å². The van der Waals surface area contributed by atoms with Gasteiger partial charge in [0.2, 0.25) is 21.8 Å². The Bertz CT molecular complexity index is 2090. The highest BCUT2D eigenvalue weighted by molar-refractivity contribution is 7.91. The second-order valence-corrected chi connectivity index (χ2v) is 20.0. The summed E-state index contributed by atoms with van der Waals surface area (Å²) in [6, 6.07) is 11.0. The van der Waals surface area contributed by atoms with Gasteiger partial charge in [-0.25, -0.2) is 13.2 Å². The Morgan fingerprint density at radius 2 is 1.66 bits per heavy atom. The average Bonchev–Trinajstić information content (AvgIpc) is 4.09. The van der Waals surface area contributed by atoms with Crippen LogP contribution in [-0.4, -0.2) is 126 Å². The summed E-state index contributed by atoms with van der Waals surface area (Å²) in [5.41, 5.74) is 2.20. The Labute approximate surface area is 347 Å². The molecule has 16 heteroatoms. The molecule has 2 aromatic carbocycles. The minimum atomic E-state index is -3.88. The first-order valence-electron chi connectivity index (χ1n) is 21.0. The molecule has 2 aromatic rings. The molecular formula is C43H59N7O8S. The number of ether oxygens (including phenoxy) is 1. The molecule has 3 aliphatic heterocycles. The first-order chi connectivity index (χ1) is 27.9. The number of hydrogen-bond donors (Lipinski definition) is 3. The summed E-state index contributed by atoms with van der Waals surface area (Å²) in [7, 11) is -1.86. The fourth-order valence-electron chi connectivity index (χ4n) is 8.75. The number of nitrogens with zero attached hydrogens (tertiary/aromatic N) is 4. The molecule has 5 atom stereocenters. The Morgan fingerprint density at radius 1 is 0.949 bits per heavy atom. The number of piperazine rings is 1. The highest BCUT2D eigenvalue weighted by Gasteiger charge is 2.62. The van der Waals surface area contributed by atoms with Crippen molar-refractivity contribution >= 4 is 45.4 Å². The van der Waals surface area contributed by atoms with Crippen molar-refractivity contribution in [3.8, 4) is 0 Å². The highest BCUT2D eigenvalue weighted by atomic mass is 32.2. The first kappa shape index (κ1) is 42.4. The van der Waals surface area contributed by atoms with Gasteiger partial charge in [-0.3, -0.25) is 28.8 Å². The van der Waals surface area contributed by atoms with E-state index in [0.717, 1.165) is 36.2 Å². The third kappa shape index (κ3) is 8.93. The maximum atomic E-state index is 14.9. The molecule has 5 amide bonds. The van der Waals surface area contributed by atoms with E-state index < -0.39 is 68.2 Å². The quantitative estimate of drug-likeness (QED) is 0.287. The Morgan fingerprint density at radius 3 is 2.31 bits per heavy atom. The van der Waals surface area contributed by atoms with Crippen LogP contribution in [-0.2, 0) is 48.7 Å². The fourth-order valence-corrected chi connectivity index (χ4v) is 10.1. The average molecular weight is 834 g/mol. The summed E-state index contributed by atoms with van der Waals surface area (Å²) >= 11 is 0. The summed E-state index contributed by atoms with van der Waals surface area (Å²) in [5, 5.41) is 5.63. The summed E-state index contributed by atoms with van der Waals surface area (Å²) in [4.78, 5) is 77.3. The number of carbonyl (C=O) groups excluding carboxylic acids is 5. The molecule has 59 heavy (non-hydrogen) atoms. The van der Waals surface area contributed by atoms with E-state index in [1.165, 1.54) is 4.90 Å². The molecule has 3 N–H and O–H groups in total. The number of sulfonamides is 1. The zero-order chi connectivity index (χ0) is 42.4. The number of rotatable bonds is 12. The zero-order valence-corrected chi connectivity index (χ0v) is 35.9. The molecule has 0 aromatic heterocycles. The molecule has 0 radical (unpaired) electrons. The van der Waals surface area contributed by atoms with E-state index in [1.54, 1.807) is 29.2 Å². The lowest BCUT2D eigenvalue weighted by molar-refractivity contribution is -0.141. The number of nitrogens with one attached hydrogen (secondary N) is 3. The molecule has 5 aliphatic rings. The summed E-state index contributed by atoms with van der Waals surface area (Å²) in [6.07, 6.45) is 1.13. The summed E-state index contributed by atoms with van der Waals surface area (Å²) < 4.78 is 33.9. The van der Waals surface area contributed by atoms with Gasteiger partial charge in [0.05, 0.1) is 11.8 Å². The molecule has 2 saturated heterocycles. The smallest absolute Gasteiger partial charge is 0.410 e. The number of likely N-dealkylation sites (tertiary alicyclic amines) is 1. The molecule has 4 fully saturated rings. The Kier molecular flexibility index (Phi) is 11.8. The maximum Gasteiger partial charge on any atom is 0.410 e. The third-order valence-electron chi connectivity index (χ3n) is 12.7. The molecule has 0 unspecified atom stereocenters. The van der Waals surface area contributed by atoms with E-state index in [2.05, 4.69) is 33.2 Å². The first-order valence-corrected chi connectivity index (χ1v) is 22.6. The van der Waals surface area contributed by atoms with Gasteiger partial charge in [0.25, 0.3) is 11.8 Å². The van der Waals surface area contributed by atoms with Crippen LogP contribution in [0, 0.1) is 11.3 Å². The van der Waals surface area contributed by atoms with Crippen molar-refractivity contribution < 1.29 is 37.1 Å². The van der Waals surface area contributed by atoms with Gasteiger partial charge in [0, 0.05) is 56.9 Å². The van der Waals surface area contributed by atoms with Crippen molar-refractivity contribution in [1.29, 1.82) is 0 Å². The van der Waals surface area contributed by atoms with Gasteiger partial charge in [-0.15, -0.1) is 0 Å². The van der Waals surface area contributed by atoms with Gasteiger partial charge in [-0.05, 0) is 79.0 Å². The minimum absolute atomic E-state index is 0.0228. The normalized spacial score (nSPS) is 24.9. The van der Waals surface area contributed by atoms with Gasteiger partial charge in [0.15, 0.2) is 0 Å². The van der Waals surface area contributed by atoms with Crippen LogP contribution in [0.2, 0.25) is 0 Å². The van der Waals surface area contributed by atoms with Gasteiger partial charge in [0.1, 0.15) is 23.7 Å². The van der Waals surface area contributed by atoms with E-state index in [1.807, 2.05) is 51.8 Å². The number of likely N-dealkylation sites (N-methyl/N-ethyl adjacent to an activating group) is 1. The number of anilines is 1. The van der Waals surface area contributed by atoms with Gasteiger partial charge in [-0.2, -0.15) is 0 Å². The molecule has 0 spiro atoms. The van der Waals surface area contributed by atoms with Gasteiger partial charge >= 0.3 is 6.09 Å². The van der Waals surface area contributed by atoms with E-state index in [9.17, 15) is 32.4 Å². The monoisotopic (exact) mass is 833 g/mol. The fraction of sp³-hybridized carbons (Fsp3) is 0.605. The molecular weight excluding hydrogens is 775 g/mol. The van der Waals surface area contributed by atoms with Crippen LogP contribution in [0.5, 0.6) is 0 Å². The van der Waals surface area contributed by atoms with Crippen LogP contribution in [0.3, 0.4) is 0 Å². The van der Waals surface area contributed by atoms with Crippen LogP contribution in [0.1, 0.15) is 93.8 Å². The van der Waals surface area contributed by atoms with Crippen molar-refractivity contribution in [2.24, 2.45) is 11.3 Å². The Balaban J connectivity index is 1.12. The molecule has 320 valence electrons. The second kappa shape index (κ2) is 16.4. The number of aryl methyl sites for hydroxylation is 1. The number of hydrogen-bond acceptors (Lipinski definition) is 10. The largest absolute Gasteiger partial charge is 0.444 e. The van der Waals surface area contributed by atoms with Crippen LogP contribution in [0.15, 0.2) is 42.5 Å². The molecule has 7 rings (SSSR count). The molecule has 0 bridgehead atoms. The van der Waals surface area contributed by atoms with Crippen LogP contribution in [0.4, 0.5) is 10.5 Å². The third-order valence-corrected chi connectivity index (χ3v) is 14.5. The topological polar surface area (TPSA) is 178 Å². The summed E-state index contributed by atoms with van der Waals surface area (Å²) in [5.74, 6) is -2.22. The van der Waals surface area contributed by atoms with Crippen molar-refractivity contribution in [3.05, 3.63) is 64.7 Å². The van der Waals surface area contributed by atoms with Crippen molar-refractivity contribution in [1.82, 2.24) is 29.6 Å². The van der Waals surface area contributed by atoms with Crippen molar-refractivity contribution in [2.45, 2.75) is 115 Å². The minimum Gasteiger partial charge on any atom is -0.444 e. The Hall–Kier alpha value is -4.70. The van der Waals surface area contributed by atoms with Crippen LogP contribution >= 0.6 is 0 Å². The maximum absolute atomic E-state index is 14.9. The number of amides is 5. The molecule has 2 saturated carbocycles. The summed E-state index contributed by atoms with van der Waals surface area (Å²) in [6.45, 7) is 13.1. The van der Waals surface area contributed by atoms with Crippen LogP contribution in [0.25, 0.3) is 0 Å². The molecule has 2 aliphatic carbocycles. The number of fused-ring (bicyclic) bond motifs is 1. The SMILES string of the molecule is CCc1cccc2c1CN(C(=O)O[C@@H]1C[C@@H](C(=O)N[C@]3(C(=O)NS(=O)(=O)C4CC4)C[C@H]3CC)N(C(=O)[C@@H](Nc3cccc(C(=O)N4CCN(C)CC4)c3)C(C)(C)C)C1)C2. The van der Waals surface area contributed by atoms with E-state index in [-0.39, 0.29) is 31.2 Å². The van der Waals surface area contributed by atoms with E-state index in [0.29, 0.717) is 56.7 Å². The molecule has 3 heterocycles. The standard InChI is InChI=1S/C43H59N7O8S/c1-7-27-11-9-13-29-24-49(26-34(27)29)41(55)58-32-22-35(37(51)45-43(23-30(43)8-2)40(54)46-59(56,57)33-15-16-33)50(25-32)39(53)36(42(3,4)5)44-31-14-10-12-28(21-31)38(52)48-19-17-47(6)18-20-48/h9-14,21,30,32-33,35-36,44H,7-8,15-20,22-26H2,1-6H3,(H,45,51)(H,46,54)/t30-,32-,35+,36-,43-/m1/s1. The number of benzene rings is 2. The van der Waals surface area contributed by atoms with E-state index in [4.69, 9.17) is 4.74 Å². The highest BCUT2D eigenvalue weighted by Crippen LogP contribution is 2.47. The van der Waals surface area contributed by atoms with Crippen LogP contribution < -0.4 is 15.4 Å². The van der Waals surface area contributed by atoms with E-state index >= 15 is 0 Å². The molecule has 15 nitrogen and oxygen atoms in total. The lowest BCUT2D eigenvalue weighted by Crippen LogP contribution is -2.58. The van der Waals surface area contributed by atoms with Gasteiger partial charge < -0.3 is 30.1 Å². The lowest BCUT2D eigenvalue weighted by Gasteiger charge is -2.36. The van der Waals surface area contributed by atoms with Crippen molar-refractivity contribution in [3.63, 3.8) is 0 Å². The van der Waals surface area contributed by atoms with Gasteiger partial charge in [-0.1, -0.05) is 65.3 Å². The lowest BCUT2D eigenvalue weighted by atomic mass is 9.85. The predicted octanol–water partition coefficient (Wildman–Crippen LogP) is 3.48. The second-order valence-electron chi connectivity index (χ2n) is 18.1. The predicted molar refractivity (Wildman–Crippen MR) is 222 cm³/mol. The number of carbonyl (C=O) groups is 5. The zero-order valence-electron chi connectivity index (χ0n) is 35.1.